The molecule has 5 aliphatic rings. The van der Waals surface area contributed by atoms with E-state index in [0.717, 1.165) is 74.5 Å². The molecule has 0 bridgehead atoms. The summed E-state index contributed by atoms with van der Waals surface area (Å²) in [7, 11) is 22.5. The lowest BCUT2D eigenvalue weighted by atomic mass is 9.96. The Labute approximate surface area is 816 Å². The molecule has 0 atom stereocenters. The first-order valence-corrected chi connectivity index (χ1v) is 46.0. The molecule has 5 aliphatic heterocycles. The molecule has 0 saturated carbocycles. The summed E-state index contributed by atoms with van der Waals surface area (Å²) in [6.07, 6.45) is 7.74. The molecule has 0 unspecified atom stereocenters. The van der Waals surface area contributed by atoms with Gasteiger partial charge in [0.05, 0.1) is 130 Å². The SMILES string of the molecule is COC(=O)N(C)CCn1c(=O)c2cc(OC)c(OC)cc2c2cnc3cc4c(cc3c21)OCO4.COc1cc2c(=O)n(CCN(C)C(=O)C3CCN(C)CC3)c3c4cc5c(cc4ncc3c2cc1OC)OCO5.COc1cc2c(=O)n(CCN(C)C(=O)OC(C)(C)C)c3c4cc5c(cc4ncc3c2cc1OC)OCO5.COc1cc2c(=O)n(CCN(C)C(C)=O)c3c4cc5c(cc4ncc3c2cc1OC)OCO5. The van der Waals surface area contributed by atoms with Crippen LogP contribution in [0.4, 0.5) is 9.59 Å². The molecule has 0 N–H and O–H groups in total. The molecule has 8 aromatic carbocycles. The van der Waals surface area contributed by atoms with Crippen LogP contribution in [0.5, 0.6) is 92.0 Å². The normalized spacial score (nSPS) is 13.4. The molecular weight excluding hydrogens is 1850 g/mol. The maximum Gasteiger partial charge on any atom is 0.410 e. The molecule has 0 radical (unpaired) electrons. The zero-order valence-electron chi connectivity index (χ0n) is 82.4. The third-order valence-electron chi connectivity index (χ3n) is 26.4. The zero-order chi connectivity index (χ0) is 101. The van der Waals surface area contributed by atoms with Gasteiger partial charge in [0.1, 0.15) is 5.60 Å². The fraction of sp³-hybridized carbons (Fsp3) is 0.346. The van der Waals surface area contributed by atoms with Gasteiger partial charge in [0.2, 0.25) is 39.0 Å². The number of carbonyl (C=O) groups is 4. The number of hydrogen-bond acceptors (Lipinski definition) is 31. The van der Waals surface area contributed by atoms with Gasteiger partial charge in [-0.05, 0) is 127 Å². The highest BCUT2D eigenvalue weighted by Crippen LogP contribution is 2.47. The molecule has 744 valence electrons. The number of hydrogen-bond donors (Lipinski definition) is 0. The van der Waals surface area contributed by atoms with Crippen LogP contribution < -0.4 is 98.0 Å². The van der Waals surface area contributed by atoms with Crippen LogP contribution in [0.25, 0.3) is 130 Å². The lowest BCUT2D eigenvalue weighted by Crippen LogP contribution is -2.41. The van der Waals surface area contributed by atoms with Crippen LogP contribution in [0.3, 0.4) is 0 Å². The monoisotopic (exact) mass is 1950 g/mol. The van der Waals surface area contributed by atoms with Crippen molar-refractivity contribution in [2.45, 2.75) is 72.3 Å². The standard InChI is InChI=1S/C29H32N4O6.C27H29N3O7.C24H23N3O7.C24H23N3O6/c1-31-7-5-17(6-8-31)28(34)32(2)9-10-33-27-20-13-25-26(39-16-38-25)14-22(20)30-15-21(27)18-11-23(36-3)24(37-4)12-19(18)29(33)35;1-27(2,3)37-26(32)29(4)7-8-30-24-17-11-22-23(36-14-35-22)12-19(17)28-13-18(24)15-9-20(33-5)21(34-6)10-16(15)25(30)31;1-26(24(29)32-4)5-6-27-22-15-9-20-21(34-12-33-20)10-17(15)25-11-16(22)13-7-18(30-2)19(31-3)8-14(13)23(27)28;1-13(28)26(2)5-6-27-23-16-9-21-22(33-12-32-21)10-18(16)25-11-17(23)14-7-19(30-3)20(31-4)8-15(14)24(27)29/h11-15,17H,5-10,16H2,1-4H3;9-13H,7-8,14H2,1-6H3;7-11H,5-6,12H2,1-4H3;7-11H,5-6,12H2,1-4H3. The summed E-state index contributed by atoms with van der Waals surface area (Å²) >= 11 is 0. The van der Waals surface area contributed by atoms with E-state index in [1.807, 2.05) is 70.3 Å². The predicted octanol–water partition coefficient (Wildman–Crippen LogP) is 13.6. The number of ether oxygens (including phenoxy) is 18. The minimum atomic E-state index is -0.627. The molecule has 13 heterocycles. The van der Waals surface area contributed by atoms with Gasteiger partial charge in [0.15, 0.2) is 92.0 Å². The number of likely N-dealkylation sites (N-methyl/N-ethyl adjacent to an activating group) is 4. The van der Waals surface area contributed by atoms with Gasteiger partial charge in [-0.1, -0.05) is 0 Å². The van der Waals surface area contributed by atoms with Crippen molar-refractivity contribution in [3.8, 4) is 92.0 Å². The van der Waals surface area contributed by atoms with E-state index in [0.29, 0.717) is 200 Å². The summed E-state index contributed by atoms with van der Waals surface area (Å²) in [5, 5.41) is 10.7. The van der Waals surface area contributed by atoms with Crippen LogP contribution >= 0.6 is 0 Å². The van der Waals surface area contributed by atoms with E-state index < -0.39 is 17.8 Å². The number of piperidine rings is 1. The lowest BCUT2D eigenvalue weighted by Gasteiger charge is -2.31. The number of carbonyl (C=O) groups excluding carboxylic acids is 4. The van der Waals surface area contributed by atoms with E-state index in [4.69, 9.17) is 90.2 Å². The molecule has 4 amide bonds. The molecule has 1 fully saturated rings. The summed E-state index contributed by atoms with van der Waals surface area (Å²) in [5.41, 5.74) is 4.01. The molecule has 0 aliphatic carbocycles. The summed E-state index contributed by atoms with van der Waals surface area (Å²) in [6, 6.07) is 28.6. The lowest BCUT2D eigenvalue weighted by molar-refractivity contribution is -0.135. The van der Waals surface area contributed by atoms with Gasteiger partial charge in [-0.25, -0.2) is 9.59 Å². The van der Waals surface area contributed by atoms with Crippen LogP contribution in [-0.4, -0.2) is 258 Å². The fourth-order valence-corrected chi connectivity index (χ4v) is 18.7. The van der Waals surface area contributed by atoms with Crippen LogP contribution in [0, 0.1) is 5.92 Å². The Morgan fingerprint density at radius 1 is 0.329 bits per heavy atom. The maximum absolute atomic E-state index is 14.1. The van der Waals surface area contributed by atoms with Crippen LogP contribution in [-0.2, 0) is 45.2 Å². The molecule has 39 nitrogen and oxygen atoms in total. The summed E-state index contributed by atoms with van der Waals surface area (Å²) in [4.78, 5) is 132. The highest BCUT2D eigenvalue weighted by Gasteiger charge is 2.32. The van der Waals surface area contributed by atoms with E-state index in [1.165, 1.54) is 45.2 Å². The number of methoxy groups -OCH3 is 9. The third-order valence-corrected chi connectivity index (χ3v) is 26.4. The van der Waals surface area contributed by atoms with Gasteiger partial charge in [0.25, 0.3) is 22.2 Å². The zero-order valence-corrected chi connectivity index (χ0v) is 82.4. The molecule has 1 saturated heterocycles. The number of likely N-dealkylation sites (tertiary alicyclic amines) is 1. The van der Waals surface area contributed by atoms with Crippen molar-refractivity contribution in [2.24, 2.45) is 5.92 Å². The average molecular weight is 1960 g/mol. The van der Waals surface area contributed by atoms with Gasteiger partial charge in [-0.15, -0.1) is 0 Å². The van der Waals surface area contributed by atoms with Crippen molar-refractivity contribution >= 4 is 154 Å². The minimum absolute atomic E-state index is 0.0118. The Bertz CT molecular complexity index is 8150. The van der Waals surface area contributed by atoms with E-state index >= 15 is 0 Å². The number of benzene rings is 8. The van der Waals surface area contributed by atoms with Crippen molar-refractivity contribution in [2.75, 3.05) is 166 Å². The molecule has 16 aromatic rings. The minimum Gasteiger partial charge on any atom is -0.493 e. The fourth-order valence-electron chi connectivity index (χ4n) is 18.7. The molecule has 21 rings (SSSR count). The molecule has 0 spiro atoms. The number of aromatic nitrogens is 8. The second-order valence-corrected chi connectivity index (χ2v) is 35.9. The van der Waals surface area contributed by atoms with E-state index in [2.05, 4.69) is 26.9 Å². The Morgan fingerprint density at radius 3 is 0.811 bits per heavy atom. The summed E-state index contributed by atoms with van der Waals surface area (Å²) in [6.45, 7) is 11.7. The number of fused-ring (bicyclic) bond motifs is 24. The van der Waals surface area contributed by atoms with E-state index in [1.54, 1.807) is 164 Å². The van der Waals surface area contributed by atoms with Gasteiger partial charge < -0.3 is 128 Å². The highest BCUT2D eigenvalue weighted by molar-refractivity contribution is 6.19. The largest absolute Gasteiger partial charge is 0.493 e. The van der Waals surface area contributed by atoms with Gasteiger partial charge in [-0.2, -0.15) is 0 Å². The molecule has 8 aromatic heterocycles. The average Bonchev–Trinajstić information content (AvgIpc) is 0.986. The van der Waals surface area contributed by atoms with Crippen molar-refractivity contribution in [3.63, 3.8) is 0 Å². The van der Waals surface area contributed by atoms with Crippen molar-refractivity contribution in [1.29, 1.82) is 0 Å². The number of nitrogens with zero attached hydrogens (tertiary/aromatic N) is 13. The van der Waals surface area contributed by atoms with E-state index in [-0.39, 0.29) is 93.3 Å². The number of amides is 4. The second-order valence-electron chi connectivity index (χ2n) is 35.9. The molecule has 39 heteroatoms. The molecule has 143 heavy (non-hydrogen) atoms. The van der Waals surface area contributed by atoms with Gasteiger partial charge >= 0.3 is 12.2 Å². The Balaban J connectivity index is 0.000000126. The Kier molecular flexibility index (Phi) is 26.8. The summed E-state index contributed by atoms with van der Waals surface area (Å²) < 4.78 is 105. The Hall–Kier alpha value is -16.5. The first kappa shape index (κ1) is 96.8. The van der Waals surface area contributed by atoms with Crippen molar-refractivity contribution in [1.82, 2.24) is 62.7 Å². The second kappa shape index (κ2) is 39.7. The Morgan fingerprint density at radius 2 is 0.566 bits per heavy atom. The molecular formula is C104H107N13O26. The number of pyridine rings is 8. The highest BCUT2D eigenvalue weighted by atomic mass is 16.7. The summed E-state index contributed by atoms with van der Waals surface area (Å²) in [5.74, 6) is 8.77. The van der Waals surface area contributed by atoms with Crippen LogP contribution in [0.2, 0.25) is 0 Å². The van der Waals surface area contributed by atoms with Gasteiger partial charge in [-0.3, -0.25) is 48.7 Å². The predicted molar refractivity (Wildman–Crippen MR) is 536 cm³/mol. The van der Waals surface area contributed by atoms with E-state index in [9.17, 15) is 38.4 Å². The van der Waals surface area contributed by atoms with Crippen LogP contribution in [0.15, 0.2) is 141 Å². The van der Waals surface area contributed by atoms with Crippen molar-refractivity contribution < 1.29 is 104 Å². The third kappa shape index (κ3) is 18.2. The van der Waals surface area contributed by atoms with Crippen molar-refractivity contribution in [3.05, 3.63) is 163 Å². The van der Waals surface area contributed by atoms with Crippen LogP contribution in [0.1, 0.15) is 40.5 Å². The topological polar surface area (TPSA) is 390 Å². The first-order chi connectivity index (χ1) is 68.9. The first-order valence-electron chi connectivity index (χ1n) is 46.0. The quantitative estimate of drug-likeness (QED) is 0.0603. The number of rotatable bonds is 21. The van der Waals surface area contributed by atoms with Gasteiger partial charge in [0, 0.05) is 207 Å². The smallest absolute Gasteiger partial charge is 0.410 e. The maximum atomic E-state index is 14.1.